The highest BCUT2D eigenvalue weighted by molar-refractivity contribution is 5.96. The van der Waals surface area contributed by atoms with Crippen LogP contribution < -0.4 is 0 Å². The second-order valence-corrected chi connectivity index (χ2v) is 4.82. The summed E-state index contributed by atoms with van der Waals surface area (Å²) >= 11 is 0. The van der Waals surface area contributed by atoms with Gasteiger partial charge in [-0.3, -0.25) is 0 Å². The molecule has 0 aromatic rings. The Hall–Kier alpha value is -3.16. The first-order valence-corrected chi connectivity index (χ1v) is 7.68. The van der Waals surface area contributed by atoms with Gasteiger partial charge in [-0.15, -0.1) is 0 Å². The van der Waals surface area contributed by atoms with Crippen LogP contribution in [0.3, 0.4) is 0 Å². The van der Waals surface area contributed by atoms with Crippen molar-refractivity contribution in [2.45, 2.75) is 39.9 Å². The van der Waals surface area contributed by atoms with E-state index < -0.39 is 36.1 Å². The summed E-state index contributed by atoms with van der Waals surface area (Å²) in [6.45, 7) is 6.31. The summed E-state index contributed by atoms with van der Waals surface area (Å²) in [6, 6.07) is 0. The van der Waals surface area contributed by atoms with E-state index in [0.29, 0.717) is 0 Å². The van der Waals surface area contributed by atoms with Crippen LogP contribution in [0.2, 0.25) is 0 Å². The van der Waals surface area contributed by atoms with Crippen LogP contribution in [-0.2, 0) is 28.7 Å². The number of esters is 2. The molecule has 0 aromatic carbocycles. The molecule has 0 radical (unpaired) electrons. The first-order chi connectivity index (χ1) is 12.2. The predicted molar refractivity (Wildman–Crippen MR) is 92.2 cm³/mol. The fraction of sp³-hybridized carbons (Fsp3) is 0.333. The number of rotatable bonds is 9. The average Bonchev–Trinajstić information content (AvgIpc) is 2.59. The van der Waals surface area contributed by atoms with Crippen LogP contribution in [0.5, 0.6) is 0 Å². The Kier molecular flexibility index (Phi) is 10.0. The third kappa shape index (κ3) is 6.76. The van der Waals surface area contributed by atoms with E-state index in [-0.39, 0.29) is 11.1 Å². The van der Waals surface area contributed by atoms with Gasteiger partial charge in [0, 0.05) is 0 Å². The molecule has 8 nitrogen and oxygen atoms in total. The molecule has 0 aromatic heterocycles. The van der Waals surface area contributed by atoms with E-state index in [2.05, 4.69) is 0 Å². The van der Waals surface area contributed by atoms with Crippen molar-refractivity contribution in [1.29, 1.82) is 0 Å². The summed E-state index contributed by atoms with van der Waals surface area (Å²) in [6.07, 6.45) is 4.09. The van der Waals surface area contributed by atoms with Gasteiger partial charge >= 0.3 is 23.9 Å². The van der Waals surface area contributed by atoms with Crippen molar-refractivity contribution in [3.05, 3.63) is 47.6 Å². The monoisotopic (exact) mass is 366 g/mol. The molecule has 0 heterocycles. The highest BCUT2D eigenvalue weighted by Gasteiger charge is 2.41. The Morgan fingerprint density at radius 2 is 1.00 bits per heavy atom. The van der Waals surface area contributed by atoms with Gasteiger partial charge in [-0.2, -0.15) is 0 Å². The molecule has 2 N–H and O–H groups in total. The van der Waals surface area contributed by atoms with Gasteiger partial charge in [0.1, 0.15) is 0 Å². The van der Waals surface area contributed by atoms with E-state index in [9.17, 15) is 29.4 Å². The molecule has 0 aliphatic carbocycles. The first-order valence-electron chi connectivity index (χ1n) is 7.68. The Morgan fingerprint density at radius 1 is 0.692 bits per heavy atom. The standard InChI is InChI=1S/C18H22O8/c1-5-9-11(7-3)17(23)25-13(15(19)20)14(16(21)22)26-18(24)12(8-4)10-6-2/h5-10,13-14H,1-4H3,(H,19,20)(H,21,22)/b9-5-,10-6-,11-7+,12-8+/t13-,14-/m0/s1. The van der Waals surface area contributed by atoms with E-state index in [4.69, 9.17) is 9.47 Å². The number of carboxylic acid groups (broad SMARTS) is 2. The second kappa shape index (κ2) is 11.4. The van der Waals surface area contributed by atoms with E-state index in [1.807, 2.05) is 0 Å². The highest BCUT2D eigenvalue weighted by Crippen LogP contribution is 2.13. The lowest BCUT2D eigenvalue weighted by Gasteiger charge is -2.21. The van der Waals surface area contributed by atoms with Crippen LogP contribution in [0.15, 0.2) is 47.6 Å². The van der Waals surface area contributed by atoms with Gasteiger partial charge in [0.2, 0.25) is 12.2 Å². The van der Waals surface area contributed by atoms with E-state index in [1.165, 1.54) is 50.3 Å². The second-order valence-electron chi connectivity index (χ2n) is 4.82. The molecule has 0 rings (SSSR count). The highest BCUT2D eigenvalue weighted by atomic mass is 16.6. The molecule has 0 aliphatic heterocycles. The Bertz CT molecular complexity index is 609. The SMILES string of the molecule is C/C=C\C(=C/C)C(=O)O[C@H](C(=O)O)[C@H](OC(=O)C(/C=C\C)=C/C)C(=O)O. The number of hydrogen-bond acceptors (Lipinski definition) is 6. The number of hydrogen-bond donors (Lipinski definition) is 2. The maximum atomic E-state index is 12.0. The summed E-state index contributed by atoms with van der Waals surface area (Å²) < 4.78 is 9.52. The zero-order valence-electron chi connectivity index (χ0n) is 15.0. The molecule has 0 fully saturated rings. The molecule has 8 heteroatoms. The van der Waals surface area contributed by atoms with Crippen molar-refractivity contribution in [1.82, 2.24) is 0 Å². The van der Waals surface area contributed by atoms with Crippen molar-refractivity contribution in [2.75, 3.05) is 0 Å². The van der Waals surface area contributed by atoms with Crippen LogP contribution in [-0.4, -0.2) is 46.3 Å². The summed E-state index contributed by atoms with van der Waals surface area (Å²) in [5.74, 6) is -5.63. The van der Waals surface area contributed by atoms with Crippen LogP contribution in [0.4, 0.5) is 0 Å². The van der Waals surface area contributed by atoms with Gasteiger partial charge < -0.3 is 19.7 Å². The summed E-state index contributed by atoms with van der Waals surface area (Å²) in [7, 11) is 0. The molecule has 0 aliphatic rings. The molecule has 0 bridgehead atoms. The molecule has 0 amide bonds. The van der Waals surface area contributed by atoms with Crippen LogP contribution in [0, 0.1) is 0 Å². The predicted octanol–water partition coefficient (Wildman–Crippen LogP) is 2.02. The van der Waals surface area contributed by atoms with Gasteiger partial charge in [-0.05, 0) is 27.7 Å². The van der Waals surface area contributed by atoms with Crippen LogP contribution >= 0.6 is 0 Å². The van der Waals surface area contributed by atoms with Crippen LogP contribution in [0.25, 0.3) is 0 Å². The van der Waals surface area contributed by atoms with Crippen LogP contribution in [0.1, 0.15) is 27.7 Å². The Morgan fingerprint density at radius 3 is 1.19 bits per heavy atom. The maximum absolute atomic E-state index is 12.0. The molecule has 2 atom stereocenters. The molecule has 0 saturated carbocycles. The fourth-order valence-corrected chi connectivity index (χ4v) is 1.77. The lowest BCUT2D eigenvalue weighted by Crippen LogP contribution is -2.46. The molecule has 0 unspecified atom stereocenters. The number of aliphatic carboxylic acids is 2. The van der Waals surface area contributed by atoms with E-state index in [1.54, 1.807) is 13.8 Å². The van der Waals surface area contributed by atoms with E-state index >= 15 is 0 Å². The fourth-order valence-electron chi connectivity index (χ4n) is 1.77. The minimum Gasteiger partial charge on any atom is -0.478 e. The minimum atomic E-state index is -2.21. The zero-order valence-corrected chi connectivity index (χ0v) is 15.0. The number of carboxylic acids is 2. The first kappa shape index (κ1) is 22.8. The molecule has 0 saturated heterocycles. The van der Waals surface area contributed by atoms with Crippen molar-refractivity contribution >= 4 is 23.9 Å². The molecular formula is C18H22O8. The number of ether oxygens (including phenoxy) is 2. The van der Waals surface area contributed by atoms with Gasteiger partial charge in [-0.1, -0.05) is 36.5 Å². The lowest BCUT2D eigenvalue weighted by molar-refractivity contribution is -0.184. The molecular weight excluding hydrogens is 344 g/mol. The summed E-state index contributed by atoms with van der Waals surface area (Å²) in [5.41, 5.74) is 0.0505. The number of carbonyl (C=O) groups is 4. The summed E-state index contributed by atoms with van der Waals surface area (Å²) in [4.78, 5) is 46.8. The Balaban J connectivity index is 5.62. The quantitative estimate of drug-likeness (QED) is 0.360. The van der Waals surface area contributed by atoms with Crippen molar-refractivity contribution in [3.63, 3.8) is 0 Å². The molecule has 0 spiro atoms. The maximum Gasteiger partial charge on any atom is 0.349 e. The number of allylic oxidation sites excluding steroid dienone is 4. The topological polar surface area (TPSA) is 127 Å². The molecule has 26 heavy (non-hydrogen) atoms. The van der Waals surface area contributed by atoms with E-state index in [0.717, 1.165) is 0 Å². The largest absolute Gasteiger partial charge is 0.478 e. The smallest absolute Gasteiger partial charge is 0.349 e. The third-order valence-electron chi connectivity index (χ3n) is 3.02. The Labute approximate surface area is 151 Å². The lowest BCUT2D eigenvalue weighted by atomic mass is 10.1. The van der Waals surface area contributed by atoms with Crippen molar-refractivity contribution < 1.29 is 38.9 Å². The minimum absolute atomic E-state index is 0.0253. The zero-order chi connectivity index (χ0) is 20.3. The van der Waals surface area contributed by atoms with Crippen molar-refractivity contribution in [3.8, 4) is 0 Å². The average molecular weight is 366 g/mol. The third-order valence-corrected chi connectivity index (χ3v) is 3.02. The molecule has 142 valence electrons. The van der Waals surface area contributed by atoms with Gasteiger partial charge in [0.25, 0.3) is 0 Å². The van der Waals surface area contributed by atoms with Gasteiger partial charge in [0.15, 0.2) is 0 Å². The normalized spacial score (nSPS) is 14.9. The van der Waals surface area contributed by atoms with Gasteiger partial charge in [0.05, 0.1) is 11.1 Å². The summed E-state index contributed by atoms with van der Waals surface area (Å²) in [5, 5.41) is 18.5. The number of carbonyl (C=O) groups excluding carboxylic acids is 2. The van der Waals surface area contributed by atoms with Crippen molar-refractivity contribution in [2.24, 2.45) is 0 Å². The van der Waals surface area contributed by atoms with Gasteiger partial charge in [-0.25, -0.2) is 19.2 Å².